The van der Waals surface area contributed by atoms with Crippen LogP contribution in [-0.2, 0) is 4.74 Å². The number of ether oxygens (including phenoxy) is 2. The fourth-order valence-corrected chi connectivity index (χ4v) is 3.33. The van der Waals surface area contributed by atoms with Gasteiger partial charge in [-0.25, -0.2) is 5.12 Å². The second-order valence-electron chi connectivity index (χ2n) is 7.08. The van der Waals surface area contributed by atoms with Crippen LogP contribution in [0.4, 0.5) is 11.4 Å². The summed E-state index contributed by atoms with van der Waals surface area (Å²) in [5, 5.41) is 3.73. The second-order valence-corrected chi connectivity index (χ2v) is 7.08. The molecule has 148 valence electrons. The predicted octanol–water partition coefficient (Wildman–Crippen LogP) is 3.63. The van der Waals surface area contributed by atoms with Gasteiger partial charge in [0.1, 0.15) is 5.75 Å². The molecule has 2 aliphatic rings. The van der Waals surface area contributed by atoms with Crippen molar-refractivity contribution in [1.82, 2.24) is 15.6 Å². The molecule has 1 fully saturated rings. The van der Waals surface area contributed by atoms with Gasteiger partial charge in [0.25, 0.3) is 0 Å². The zero-order chi connectivity index (χ0) is 19.2. The van der Waals surface area contributed by atoms with E-state index in [0.29, 0.717) is 12.5 Å². The zero-order valence-corrected chi connectivity index (χ0v) is 16.2. The molecule has 0 amide bonds. The van der Waals surface area contributed by atoms with Crippen LogP contribution < -0.4 is 20.7 Å². The lowest BCUT2D eigenvalue weighted by molar-refractivity contribution is 0.0593. The Hall–Kier alpha value is -2.77. The fraction of sp³-hybridized carbons (Fsp3) is 0.381. The van der Waals surface area contributed by atoms with Crippen LogP contribution in [0.25, 0.3) is 0 Å². The van der Waals surface area contributed by atoms with E-state index < -0.39 is 0 Å². The summed E-state index contributed by atoms with van der Waals surface area (Å²) >= 11 is 0. The number of nitrogens with one attached hydrogen (secondary N) is 2. The lowest BCUT2D eigenvalue weighted by Crippen LogP contribution is -2.42. The Balaban J connectivity index is 1.31. The Bertz CT molecular complexity index is 793. The van der Waals surface area contributed by atoms with Crippen LogP contribution in [-0.4, -0.2) is 29.9 Å². The average molecular weight is 381 g/mol. The van der Waals surface area contributed by atoms with Crippen LogP contribution in [0.3, 0.4) is 0 Å². The van der Waals surface area contributed by atoms with Crippen molar-refractivity contribution in [3.63, 3.8) is 0 Å². The highest BCUT2D eigenvalue weighted by molar-refractivity contribution is 5.52. The minimum Gasteiger partial charge on any atom is -0.492 e. The van der Waals surface area contributed by atoms with Gasteiger partial charge in [-0.2, -0.15) is 0 Å². The summed E-state index contributed by atoms with van der Waals surface area (Å²) in [4.78, 5) is 4.46. The highest BCUT2D eigenvalue weighted by atomic mass is 16.5. The standard InChI is InChI=1S/C21H27N5O2/c1-17-21(23-26-11-10-25(24-26)19-5-3-2-4-6-19)15-20(16-22-17)28-14-9-18-7-12-27-13-8-18/h2-6,10-11,15-16,18,23-24H,7-9,12-14H2,1H3. The van der Waals surface area contributed by atoms with Crippen molar-refractivity contribution < 1.29 is 9.47 Å². The van der Waals surface area contributed by atoms with Crippen LogP contribution >= 0.6 is 0 Å². The molecule has 0 radical (unpaired) electrons. The SMILES string of the molecule is Cc1ncc(OCCC2CCOCC2)cc1NN1C=CN(c2ccccc2)N1. The predicted molar refractivity (Wildman–Crippen MR) is 109 cm³/mol. The Labute approximate surface area is 165 Å². The minimum atomic E-state index is 0.702. The molecule has 2 N–H and O–H groups in total. The molecule has 0 spiro atoms. The molecule has 1 saturated heterocycles. The van der Waals surface area contributed by atoms with E-state index in [4.69, 9.17) is 9.47 Å². The summed E-state index contributed by atoms with van der Waals surface area (Å²) in [5.74, 6) is 1.48. The summed E-state index contributed by atoms with van der Waals surface area (Å²) < 4.78 is 11.4. The molecule has 0 bridgehead atoms. The van der Waals surface area contributed by atoms with Crippen molar-refractivity contribution in [3.05, 3.63) is 60.7 Å². The molecule has 7 nitrogen and oxygen atoms in total. The third-order valence-corrected chi connectivity index (χ3v) is 5.05. The Kier molecular flexibility index (Phi) is 5.94. The van der Waals surface area contributed by atoms with Crippen molar-refractivity contribution in [2.75, 3.05) is 30.3 Å². The van der Waals surface area contributed by atoms with Crippen molar-refractivity contribution in [3.8, 4) is 5.75 Å². The Morgan fingerprint density at radius 2 is 2.04 bits per heavy atom. The molecule has 0 unspecified atom stereocenters. The lowest BCUT2D eigenvalue weighted by atomic mass is 9.97. The van der Waals surface area contributed by atoms with Crippen LogP contribution in [0.2, 0.25) is 0 Å². The lowest BCUT2D eigenvalue weighted by Gasteiger charge is -2.24. The molecule has 7 heteroatoms. The number of rotatable bonds is 7. The Morgan fingerprint density at radius 3 is 2.86 bits per heavy atom. The van der Waals surface area contributed by atoms with E-state index in [1.165, 1.54) is 0 Å². The molecule has 3 heterocycles. The van der Waals surface area contributed by atoms with Crippen molar-refractivity contribution >= 4 is 11.4 Å². The van der Waals surface area contributed by atoms with Crippen LogP contribution in [0.1, 0.15) is 25.0 Å². The third-order valence-electron chi connectivity index (χ3n) is 5.05. The molecule has 1 aromatic heterocycles. The van der Waals surface area contributed by atoms with Gasteiger partial charge in [-0.3, -0.25) is 15.4 Å². The quantitative estimate of drug-likeness (QED) is 0.759. The topological polar surface area (TPSA) is 61.9 Å². The maximum Gasteiger partial charge on any atom is 0.139 e. The summed E-state index contributed by atoms with van der Waals surface area (Å²) in [5.41, 5.74) is 9.44. The minimum absolute atomic E-state index is 0.702. The molecular weight excluding hydrogens is 354 g/mol. The molecule has 0 saturated carbocycles. The van der Waals surface area contributed by atoms with Crippen LogP contribution in [0.15, 0.2) is 55.0 Å². The van der Waals surface area contributed by atoms with Gasteiger partial charge in [-0.1, -0.05) is 18.2 Å². The average Bonchev–Trinajstić information content (AvgIpc) is 3.20. The normalized spacial score (nSPS) is 17.2. The van der Waals surface area contributed by atoms with Gasteiger partial charge >= 0.3 is 0 Å². The van der Waals surface area contributed by atoms with Gasteiger partial charge < -0.3 is 9.47 Å². The van der Waals surface area contributed by atoms with E-state index in [1.807, 2.05) is 60.7 Å². The van der Waals surface area contributed by atoms with Crippen molar-refractivity contribution in [2.45, 2.75) is 26.2 Å². The Morgan fingerprint density at radius 1 is 1.21 bits per heavy atom. The first-order chi connectivity index (χ1) is 13.8. The largest absolute Gasteiger partial charge is 0.492 e. The number of pyridine rings is 1. The molecular formula is C21H27N5O2. The monoisotopic (exact) mass is 381 g/mol. The number of hydrazine groups is 3. The number of para-hydroxylation sites is 1. The molecule has 0 aliphatic carbocycles. The third kappa shape index (κ3) is 4.74. The van der Waals surface area contributed by atoms with Gasteiger partial charge in [0.05, 0.1) is 36.1 Å². The number of aromatic nitrogens is 1. The smallest absolute Gasteiger partial charge is 0.139 e. The maximum absolute atomic E-state index is 5.95. The summed E-state index contributed by atoms with van der Waals surface area (Å²) in [6, 6.07) is 12.1. The number of anilines is 2. The molecule has 4 rings (SSSR count). The van der Waals surface area contributed by atoms with Crippen molar-refractivity contribution in [1.29, 1.82) is 0 Å². The van der Waals surface area contributed by atoms with Gasteiger partial charge in [0, 0.05) is 25.5 Å². The maximum atomic E-state index is 5.95. The van der Waals surface area contributed by atoms with E-state index in [9.17, 15) is 0 Å². The number of hydrogen-bond acceptors (Lipinski definition) is 7. The first-order valence-electron chi connectivity index (χ1n) is 9.80. The number of aryl methyl sites for hydroxylation is 1. The summed E-state index contributed by atoms with van der Waals surface area (Å²) in [7, 11) is 0. The van der Waals surface area contributed by atoms with Crippen LogP contribution in [0, 0.1) is 12.8 Å². The summed E-state index contributed by atoms with van der Waals surface area (Å²) in [6.07, 6.45) is 8.99. The van der Waals surface area contributed by atoms with Crippen molar-refractivity contribution in [2.24, 2.45) is 5.92 Å². The number of benzene rings is 1. The van der Waals surface area contributed by atoms with Gasteiger partial charge in [-0.15, -0.1) is 5.53 Å². The van der Waals surface area contributed by atoms with E-state index in [2.05, 4.69) is 15.9 Å². The number of hydrogen-bond donors (Lipinski definition) is 2. The molecule has 2 aliphatic heterocycles. The van der Waals surface area contributed by atoms with E-state index in [1.54, 1.807) is 11.3 Å². The highest BCUT2D eigenvalue weighted by Crippen LogP contribution is 2.23. The van der Waals surface area contributed by atoms with Gasteiger partial charge in [0.2, 0.25) is 0 Å². The first-order valence-corrected chi connectivity index (χ1v) is 9.80. The number of nitrogens with zero attached hydrogens (tertiary/aromatic N) is 3. The zero-order valence-electron chi connectivity index (χ0n) is 16.2. The molecule has 1 aromatic carbocycles. The van der Waals surface area contributed by atoms with Gasteiger partial charge in [-0.05, 0) is 44.2 Å². The molecule has 28 heavy (non-hydrogen) atoms. The van der Waals surface area contributed by atoms with E-state index >= 15 is 0 Å². The molecule has 0 atom stereocenters. The van der Waals surface area contributed by atoms with Gasteiger partial charge in [0.15, 0.2) is 0 Å². The fourth-order valence-electron chi connectivity index (χ4n) is 3.33. The second kappa shape index (κ2) is 8.95. The van der Waals surface area contributed by atoms with Crippen LogP contribution in [0.5, 0.6) is 5.75 Å². The van der Waals surface area contributed by atoms with E-state index in [0.717, 1.165) is 55.3 Å². The highest BCUT2D eigenvalue weighted by Gasteiger charge is 2.15. The summed E-state index contributed by atoms with van der Waals surface area (Å²) in [6.45, 7) is 4.43. The first kappa shape index (κ1) is 18.6. The molecule has 2 aromatic rings. The van der Waals surface area contributed by atoms with E-state index in [-0.39, 0.29) is 0 Å².